The molecule has 156 valence electrons. The van der Waals surface area contributed by atoms with Gasteiger partial charge in [-0.3, -0.25) is 9.59 Å². The van der Waals surface area contributed by atoms with Crippen LogP contribution in [-0.2, 0) is 0 Å². The number of carbonyl (C=O) groups is 2. The van der Waals surface area contributed by atoms with E-state index in [1.807, 2.05) is 36.9 Å². The van der Waals surface area contributed by atoms with E-state index >= 15 is 0 Å². The van der Waals surface area contributed by atoms with Crippen LogP contribution in [0, 0.1) is 13.8 Å². The zero-order valence-corrected chi connectivity index (χ0v) is 18.2. The van der Waals surface area contributed by atoms with Crippen LogP contribution in [0.5, 0.6) is 0 Å². The average Bonchev–Trinajstić information content (AvgIpc) is 3.38. The van der Waals surface area contributed by atoms with E-state index in [0.717, 1.165) is 30.7 Å². The molecule has 2 amide bonds. The number of nitrogens with zero attached hydrogens (tertiary/aromatic N) is 2. The Bertz CT molecular complexity index is 1090. The number of aromatic nitrogens is 1. The van der Waals surface area contributed by atoms with E-state index in [-0.39, 0.29) is 17.9 Å². The van der Waals surface area contributed by atoms with Gasteiger partial charge >= 0.3 is 0 Å². The number of aryl methyl sites for hydroxylation is 2. The lowest BCUT2D eigenvalue weighted by Gasteiger charge is -2.33. The molecule has 3 heterocycles. The van der Waals surface area contributed by atoms with Gasteiger partial charge in [0.25, 0.3) is 11.8 Å². The Morgan fingerprint density at radius 1 is 1.20 bits per heavy atom. The Hall–Kier alpha value is -2.93. The number of rotatable bonds is 4. The van der Waals surface area contributed by atoms with Crippen molar-refractivity contribution >= 4 is 28.8 Å². The number of thiazole rings is 1. The third-order valence-electron chi connectivity index (χ3n) is 5.47. The van der Waals surface area contributed by atoms with Crippen molar-refractivity contribution in [2.45, 2.75) is 46.1 Å². The predicted molar refractivity (Wildman–Crippen MR) is 118 cm³/mol. The monoisotopic (exact) mass is 423 g/mol. The van der Waals surface area contributed by atoms with Crippen LogP contribution in [0.1, 0.15) is 58.4 Å². The molecule has 0 radical (unpaired) electrons. The average molecular weight is 424 g/mol. The first-order chi connectivity index (χ1) is 14.4. The van der Waals surface area contributed by atoms with Crippen molar-refractivity contribution in [1.29, 1.82) is 0 Å². The molecular formula is C23H25N3O3S. The zero-order valence-electron chi connectivity index (χ0n) is 17.4. The molecule has 6 nitrogen and oxygen atoms in total. The minimum absolute atomic E-state index is 0.0565. The maximum absolute atomic E-state index is 12.9. The van der Waals surface area contributed by atoms with Gasteiger partial charge in [-0.2, -0.15) is 0 Å². The van der Waals surface area contributed by atoms with E-state index in [1.165, 1.54) is 17.8 Å². The number of hydrogen-bond donors (Lipinski definition) is 1. The molecule has 3 aromatic rings. The van der Waals surface area contributed by atoms with Crippen molar-refractivity contribution in [1.82, 2.24) is 9.88 Å². The van der Waals surface area contributed by atoms with Gasteiger partial charge < -0.3 is 14.6 Å². The predicted octanol–water partition coefficient (Wildman–Crippen LogP) is 5.29. The Morgan fingerprint density at radius 2 is 2.03 bits per heavy atom. The molecule has 1 N–H and O–H groups in total. The Morgan fingerprint density at radius 3 is 2.73 bits per heavy atom. The second-order valence-electron chi connectivity index (χ2n) is 7.78. The van der Waals surface area contributed by atoms with Crippen molar-refractivity contribution in [2.75, 3.05) is 11.9 Å². The Balaban J connectivity index is 1.46. The molecule has 1 aliphatic rings. The van der Waals surface area contributed by atoms with E-state index in [9.17, 15) is 9.59 Å². The summed E-state index contributed by atoms with van der Waals surface area (Å²) in [4.78, 5) is 31.9. The lowest BCUT2D eigenvalue weighted by Crippen LogP contribution is -2.42. The van der Waals surface area contributed by atoms with Crippen molar-refractivity contribution in [3.05, 3.63) is 58.3 Å². The highest BCUT2D eigenvalue weighted by Gasteiger charge is 2.24. The molecule has 30 heavy (non-hydrogen) atoms. The lowest BCUT2D eigenvalue weighted by atomic mass is 10.0. The molecule has 0 bridgehead atoms. The number of benzene rings is 1. The number of anilines is 1. The maximum Gasteiger partial charge on any atom is 0.275 e. The van der Waals surface area contributed by atoms with Crippen LogP contribution >= 0.6 is 11.3 Å². The molecule has 1 atom stereocenters. The van der Waals surface area contributed by atoms with E-state index in [2.05, 4.69) is 17.2 Å². The number of carbonyl (C=O) groups excluding carboxylic acids is 2. The van der Waals surface area contributed by atoms with Gasteiger partial charge in [0, 0.05) is 29.2 Å². The molecular weight excluding hydrogens is 398 g/mol. The van der Waals surface area contributed by atoms with Crippen LogP contribution in [0.25, 0.3) is 10.8 Å². The van der Waals surface area contributed by atoms with E-state index in [1.54, 1.807) is 17.5 Å². The zero-order chi connectivity index (χ0) is 21.3. The van der Waals surface area contributed by atoms with Crippen LogP contribution in [-0.4, -0.2) is 34.3 Å². The summed E-state index contributed by atoms with van der Waals surface area (Å²) in [5.74, 6) is 1.23. The summed E-state index contributed by atoms with van der Waals surface area (Å²) < 4.78 is 5.57. The van der Waals surface area contributed by atoms with Crippen molar-refractivity contribution in [2.24, 2.45) is 0 Å². The van der Waals surface area contributed by atoms with Gasteiger partial charge in [-0.25, -0.2) is 4.98 Å². The normalized spacial score (nSPS) is 16.5. The first-order valence-electron chi connectivity index (χ1n) is 10.2. The first kappa shape index (κ1) is 20.3. The van der Waals surface area contributed by atoms with Crippen molar-refractivity contribution in [3.8, 4) is 10.8 Å². The minimum Gasteiger partial charge on any atom is -0.459 e. The summed E-state index contributed by atoms with van der Waals surface area (Å²) in [5, 5.41) is 5.28. The number of piperidine rings is 1. The maximum atomic E-state index is 12.9. The molecule has 7 heteroatoms. The van der Waals surface area contributed by atoms with E-state index in [0.29, 0.717) is 27.7 Å². The molecule has 4 rings (SSSR count). The summed E-state index contributed by atoms with van der Waals surface area (Å²) >= 11 is 1.37. The van der Waals surface area contributed by atoms with Gasteiger partial charge in [-0.15, -0.1) is 11.3 Å². The fourth-order valence-corrected chi connectivity index (χ4v) is 4.49. The lowest BCUT2D eigenvalue weighted by molar-refractivity contribution is 0.0635. The minimum atomic E-state index is -0.285. The number of nitrogens with one attached hydrogen (secondary N) is 1. The smallest absolute Gasteiger partial charge is 0.275 e. The number of likely N-dealkylation sites (tertiary alicyclic amines) is 1. The largest absolute Gasteiger partial charge is 0.459 e. The summed E-state index contributed by atoms with van der Waals surface area (Å²) in [7, 11) is 0. The van der Waals surface area contributed by atoms with Crippen LogP contribution in [0.2, 0.25) is 0 Å². The summed E-state index contributed by atoms with van der Waals surface area (Å²) in [6.07, 6.45) is 3.27. The van der Waals surface area contributed by atoms with Gasteiger partial charge in [0.05, 0.1) is 0 Å². The standard InChI is InChI=1S/C23H25N3O3S/c1-14-12-17(23(28)26-11-5-4-6-15(26)2)8-9-18(14)24-21(27)19-13-30-22(25-19)20-10-7-16(3)29-20/h7-10,12-13,15H,4-6,11H2,1-3H3,(H,24,27). The van der Waals surface area contributed by atoms with Gasteiger partial charge in [-0.05, 0) is 75.9 Å². The van der Waals surface area contributed by atoms with Gasteiger partial charge in [0.15, 0.2) is 10.8 Å². The van der Waals surface area contributed by atoms with Gasteiger partial charge in [-0.1, -0.05) is 0 Å². The number of hydrogen-bond acceptors (Lipinski definition) is 5. The molecule has 0 spiro atoms. The highest BCUT2D eigenvalue weighted by molar-refractivity contribution is 7.13. The van der Waals surface area contributed by atoms with Crippen molar-refractivity contribution < 1.29 is 14.0 Å². The molecule has 1 unspecified atom stereocenters. The van der Waals surface area contributed by atoms with Gasteiger partial charge in [0.2, 0.25) is 0 Å². The summed E-state index contributed by atoms with van der Waals surface area (Å²) in [5.41, 5.74) is 2.51. The summed E-state index contributed by atoms with van der Waals surface area (Å²) in [6, 6.07) is 9.40. The number of amides is 2. The Kier molecular flexibility index (Phi) is 5.72. The SMILES string of the molecule is Cc1ccc(-c2nc(C(=O)Nc3ccc(C(=O)N4CCCCC4C)cc3C)cs2)o1. The fourth-order valence-electron chi connectivity index (χ4n) is 3.73. The van der Waals surface area contributed by atoms with E-state index < -0.39 is 0 Å². The number of furan rings is 1. The topological polar surface area (TPSA) is 75.4 Å². The highest BCUT2D eigenvalue weighted by atomic mass is 32.1. The fraction of sp³-hybridized carbons (Fsp3) is 0.348. The first-order valence-corrected chi connectivity index (χ1v) is 11.1. The Labute approximate surface area is 179 Å². The molecule has 2 aromatic heterocycles. The molecule has 1 fully saturated rings. The molecule has 0 aliphatic carbocycles. The second kappa shape index (κ2) is 8.44. The third kappa shape index (κ3) is 4.16. The quantitative estimate of drug-likeness (QED) is 0.619. The van der Waals surface area contributed by atoms with Crippen LogP contribution in [0.4, 0.5) is 5.69 Å². The highest BCUT2D eigenvalue weighted by Crippen LogP contribution is 2.27. The second-order valence-corrected chi connectivity index (χ2v) is 8.63. The van der Waals surface area contributed by atoms with E-state index in [4.69, 9.17) is 4.42 Å². The molecule has 1 saturated heterocycles. The molecule has 0 saturated carbocycles. The van der Waals surface area contributed by atoms with Crippen LogP contribution < -0.4 is 5.32 Å². The van der Waals surface area contributed by atoms with Crippen molar-refractivity contribution in [3.63, 3.8) is 0 Å². The molecule has 1 aromatic carbocycles. The summed E-state index contributed by atoms with van der Waals surface area (Å²) in [6.45, 7) is 6.67. The molecule has 1 aliphatic heterocycles. The van der Waals surface area contributed by atoms with Gasteiger partial charge in [0.1, 0.15) is 11.5 Å². The van der Waals surface area contributed by atoms with Crippen LogP contribution in [0.3, 0.4) is 0 Å². The van der Waals surface area contributed by atoms with Crippen LogP contribution in [0.15, 0.2) is 40.1 Å². The third-order valence-corrected chi connectivity index (χ3v) is 6.33.